The number of rotatable bonds is 6. The number of nitriles is 1. The summed E-state index contributed by atoms with van der Waals surface area (Å²) >= 11 is 6.65. The van der Waals surface area contributed by atoms with Gasteiger partial charge in [0, 0.05) is 31.2 Å². The molecule has 2 fully saturated rings. The molecule has 2 aliphatic rings. The molecular formula is C24H30N4O4S2. The van der Waals surface area contributed by atoms with Crippen molar-refractivity contribution in [3.63, 3.8) is 0 Å². The van der Waals surface area contributed by atoms with Gasteiger partial charge in [-0.1, -0.05) is 24.0 Å². The largest absolute Gasteiger partial charge is 0.466 e. The van der Waals surface area contributed by atoms with Crippen molar-refractivity contribution >= 4 is 52.1 Å². The van der Waals surface area contributed by atoms with E-state index < -0.39 is 0 Å². The maximum absolute atomic E-state index is 13.1. The van der Waals surface area contributed by atoms with E-state index in [1.165, 1.54) is 11.8 Å². The van der Waals surface area contributed by atoms with Crippen LogP contribution in [0.1, 0.15) is 57.2 Å². The summed E-state index contributed by atoms with van der Waals surface area (Å²) < 4.78 is 7.26. The molecule has 10 heteroatoms. The number of amides is 1. The summed E-state index contributed by atoms with van der Waals surface area (Å²) in [5.41, 5.74) is 0.917. The van der Waals surface area contributed by atoms with Gasteiger partial charge in [0.2, 0.25) is 0 Å². The molecule has 0 radical (unpaired) electrons. The number of hydrogen-bond acceptors (Lipinski definition) is 8. The zero-order valence-corrected chi connectivity index (χ0v) is 21.8. The summed E-state index contributed by atoms with van der Waals surface area (Å²) in [5, 5.41) is 9.71. The van der Waals surface area contributed by atoms with Crippen molar-refractivity contribution < 1.29 is 14.3 Å². The molecule has 34 heavy (non-hydrogen) atoms. The Morgan fingerprint density at radius 2 is 1.94 bits per heavy atom. The van der Waals surface area contributed by atoms with E-state index in [1.54, 1.807) is 29.4 Å². The van der Waals surface area contributed by atoms with Crippen LogP contribution in [-0.4, -0.2) is 51.4 Å². The predicted octanol–water partition coefficient (Wildman–Crippen LogP) is 3.44. The molecule has 0 N–H and O–H groups in total. The molecule has 8 nitrogen and oxygen atoms in total. The first-order valence-corrected chi connectivity index (χ1v) is 12.7. The summed E-state index contributed by atoms with van der Waals surface area (Å²) in [6, 6.07) is 1.98. The van der Waals surface area contributed by atoms with Gasteiger partial charge in [-0.05, 0) is 59.1 Å². The molecule has 182 valence electrons. The van der Waals surface area contributed by atoms with Crippen molar-refractivity contribution in [2.24, 2.45) is 5.92 Å². The monoisotopic (exact) mass is 502 g/mol. The normalized spacial score (nSPS) is 18.2. The average molecular weight is 503 g/mol. The van der Waals surface area contributed by atoms with Gasteiger partial charge in [0.05, 0.1) is 17.4 Å². The lowest BCUT2D eigenvalue weighted by atomic mass is 9.95. The SMILES string of the molecule is CCOC(=O)C1CCN(c2c(C=C3SC(=S)N(C(C)C)C3=O)c(C)c(C#N)c(=O)n2CC)CC1. The topological polar surface area (TPSA) is 95.6 Å². The van der Waals surface area contributed by atoms with Gasteiger partial charge in [-0.15, -0.1) is 0 Å². The van der Waals surface area contributed by atoms with Gasteiger partial charge in [-0.3, -0.25) is 23.9 Å². The predicted molar refractivity (Wildman–Crippen MR) is 138 cm³/mol. The van der Waals surface area contributed by atoms with Gasteiger partial charge < -0.3 is 9.64 Å². The average Bonchev–Trinajstić information content (AvgIpc) is 3.08. The number of thiocarbonyl (C=S) groups is 1. The highest BCUT2D eigenvalue weighted by molar-refractivity contribution is 8.26. The Kier molecular flexibility index (Phi) is 8.21. The molecule has 2 aliphatic heterocycles. The van der Waals surface area contributed by atoms with Crippen LogP contribution in [-0.2, 0) is 20.9 Å². The van der Waals surface area contributed by atoms with Crippen molar-refractivity contribution in [1.82, 2.24) is 9.47 Å². The molecule has 0 unspecified atom stereocenters. The van der Waals surface area contributed by atoms with Crippen LogP contribution in [0.2, 0.25) is 0 Å². The van der Waals surface area contributed by atoms with Gasteiger partial charge in [0.25, 0.3) is 11.5 Å². The molecule has 0 atom stereocenters. The fourth-order valence-electron chi connectivity index (χ4n) is 4.42. The van der Waals surface area contributed by atoms with Crippen LogP contribution >= 0.6 is 24.0 Å². The second-order valence-electron chi connectivity index (χ2n) is 8.56. The molecular weight excluding hydrogens is 472 g/mol. The van der Waals surface area contributed by atoms with Crippen LogP contribution in [0.3, 0.4) is 0 Å². The number of thioether (sulfide) groups is 1. The molecule has 3 rings (SSSR count). The molecule has 0 bridgehead atoms. The van der Waals surface area contributed by atoms with E-state index >= 15 is 0 Å². The number of piperidine rings is 1. The van der Waals surface area contributed by atoms with E-state index in [4.69, 9.17) is 17.0 Å². The summed E-state index contributed by atoms with van der Waals surface area (Å²) in [6.07, 6.45) is 2.96. The van der Waals surface area contributed by atoms with Crippen LogP contribution in [0.15, 0.2) is 9.70 Å². The molecule has 0 aliphatic carbocycles. The third kappa shape index (κ3) is 4.77. The Hall–Kier alpha value is -2.64. The molecule has 0 aromatic carbocycles. The zero-order valence-electron chi connectivity index (χ0n) is 20.2. The molecule has 3 heterocycles. The number of hydrogen-bond donors (Lipinski definition) is 0. The smallest absolute Gasteiger partial charge is 0.309 e. The number of pyridine rings is 1. The quantitative estimate of drug-likeness (QED) is 0.332. The first-order chi connectivity index (χ1) is 16.2. The molecule has 1 amide bonds. The van der Waals surface area contributed by atoms with Gasteiger partial charge in [-0.25, -0.2) is 0 Å². The molecule has 0 saturated carbocycles. The second kappa shape index (κ2) is 10.7. The third-order valence-corrected chi connectivity index (χ3v) is 7.52. The lowest BCUT2D eigenvalue weighted by Crippen LogP contribution is -2.41. The number of aromatic nitrogens is 1. The van der Waals surface area contributed by atoms with Crippen molar-refractivity contribution in [2.75, 3.05) is 24.6 Å². The van der Waals surface area contributed by atoms with Crippen LogP contribution in [0, 0.1) is 24.2 Å². The van der Waals surface area contributed by atoms with Crippen LogP contribution in [0.4, 0.5) is 5.82 Å². The first kappa shape index (κ1) is 26.0. The number of esters is 1. The highest BCUT2D eigenvalue weighted by Gasteiger charge is 2.35. The number of ether oxygens (including phenoxy) is 1. The van der Waals surface area contributed by atoms with Crippen LogP contribution in [0.25, 0.3) is 6.08 Å². The number of carbonyl (C=O) groups excluding carboxylic acids is 2. The van der Waals surface area contributed by atoms with E-state index in [-0.39, 0.29) is 35.0 Å². The van der Waals surface area contributed by atoms with Gasteiger partial charge >= 0.3 is 5.97 Å². The second-order valence-corrected chi connectivity index (χ2v) is 10.2. The zero-order chi connectivity index (χ0) is 25.2. The van der Waals surface area contributed by atoms with Gasteiger partial charge in [-0.2, -0.15) is 5.26 Å². The lowest BCUT2D eigenvalue weighted by molar-refractivity contribution is -0.148. The van der Waals surface area contributed by atoms with E-state index in [0.717, 1.165) is 0 Å². The Labute approximate surface area is 209 Å². The van der Waals surface area contributed by atoms with Crippen molar-refractivity contribution in [2.45, 2.75) is 60.0 Å². The van der Waals surface area contributed by atoms with Crippen molar-refractivity contribution in [1.29, 1.82) is 5.26 Å². The fourth-order valence-corrected chi connectivity index (χ4v) is 5.93. The standard InChI is InChI=1S/C24H30N4O4S2/c1-6-27-20(26-10-8-16(9-11-26)23(31)32-7-2)17(15(5)18(13-25)21(27)29)12-19-22(30)28(14(3)4)24(33)34-19/h12,14,16H,6-11H2,1-5H3. The van der Waals surface area contributed by atoms with E-state index in [2.05, 4.69) is 4.90 Å². The fraction of sp³-hybridized carbons (Fsp3) is 0.542. The Morgan fingerprint density at radius 1 is 1.29 bits per heavy atom. The number of carbonyl (C=O) groups is 2. The Balaban J connectivity index is 2.11. The minimum atomic E-state index is -0.350. The highest BCUT2D eigenvalue weighted by atomic mass is 32.2. The molecule has 1 aromatic heterocycles. The molecule has 2 saturated heterocycles. The highest BCUT2D eigenvalue weighted by Crippen LogP contribution is 2.37. The molecule has 0 spiro atoms. The number of nitrogens with zero attached hydrogens (tertiary/aromatic N) is 4. The summed E-state index contributed by atoms with van der Waals surface area (Å²) in [6.45, 7) is 11.0. The lowest BCUT2D eigenvalue weighted by Gasteiger charge is -2.35. The molecule has 1 aromatic rings. The van der Waals surface area contributed by atoms with Crippen LogP contribution < -0.4 is 10.5 Å². The maximum atomic E-state index is 13.1. The first-order valence-electron chi connectivity index (χ1n) is 11.5. The number of anilines is 1. The maximum Gasteiger partial charge on any atom is 0.309 e. The van der Waals surface area contributed by atoms with E-state index in [1.807, 2.05) is 26.8 Å². The van der Waals surface area contributed by atoms with Crippen LogP contribution in [0.5, 0.6) is 0 Å². The third-order valence-electron chi connectivity index (χ3n) is 6.19. The van der Waals surface area contributed by atoms with E-state index in [9.17, 15) is 19.6 Å². The Morgan fingerprint density at radius 3 is 2.44 bits per heavy atom. The summed E-state index contributed by atoms with van der Waals surface area (Å²) in [4.78, 5) is 42.5. The summed E-state index contributed by atoms with van der Waals surface area (Å²) in [5.74, 6) is 0.122. The summed E-state index contributed by atoms with van der Waals surface area (Å²) in [7, 11) is 0. The minimum absolute atomic E-state index is 0.0672. The van der Waals surface area contributed by atoms with Crippen molar-refractivity contribution in [3.8, 4) is 6.07 Å². The Bertz CT molecular complexity index is 1140. The van der Waals surface area contributed by atoms with E-state index in [0.29, 0.717) is 65.3 Å². The van der Waals surface area contributed by atoms with Gasteiger partial charge in [0.1, 0.15) is 21.8 Å². The van der Waals surface area contributed by atoms with Crippen molar-refractivity contribution in [3.05, 3.63) is 31.9 Å². The minimum Gasteiger partial charge on any atom is -0.466 e. The van der Waals surface area contributed by atoms with Gasteiger partial charge in [0.15, 0.2) is 0 Å².